The Bertz CT molecular complexity index is 658. The molecule has 0 saturated heterocycles. The predicted octanol–water partition coefficient (Wildman–Crippen LogP) is 6.47. The molecular formula is C24H34N2O. The number of hydrogen-bond acceptors (Lipinski definition) is 3. The molecule has 3 rings (SSSR count). The van der Waals surface area contributed by atoms with E-state index in [0.717, 1.165) is 41.0 Å². The highest BCUT2D eigenvalue weighted by atomic mass is 16.5. The minimum atomic E-state index is 0.872. The lowest BCUT2D eigenvalue weighted by Crippen LogP contribution is -2.15. The van der Waals surface area contributed by atoms with Crippen LogP contribution in [0, 0.1) is 11.8 Å². The topological polar surface area (TPSA) is 35.0 Å². The third-order valence-corrected chi connectivity index (χ3v) is 6.09. The molecule has 0 spiro atoms. The monoisotopic (exact) mass is 366 g/mol. The van der Waals surface area contributed by atoms with Gasteiger partial charge in [0.05, 0.1) is 7.11 Å². The molecule has 1 aliphatic rings. The zero-order valence-electron chi connectivity index (χ0n) is 17.0. The first kappa shape index (κ1) is 19.9. The van der Waals surface area contributed by atoms with E-state index in [-0.39, 0.29) is 0 Å². The zero-order valence-corrected chi connectivity index (χ0v) is 17.0. The van der Waals surface area contributed by atoms with Gasteiger partial charge < -0.3 is 4.74 Å². The highest BCUT2D eigenvalue weighted by Gasteiger charge is 2.20. The van der Waals surface area contributed by atoms with Crippen LogP contribution in [0.2, 0.25) is 0 Å². The van der Waals surface area contributed by atoms with Gasteiger partial charge in [-0.1, -0.05) is 70.4 Å². The molecule has 1 aliphatic carbocycles. The number of methoxy groups -OCH3 is 1. The zero-order chi connectivity index (χ0) is 18.9. The van der Waals surface area contributed by atoms with Crippen LogP contribution in [0.1, 0.15) is 70.5 Å². The van der Waals surface area contributed by atoms with Gasteiger partial charge in [0.15, 0.2) is 0 Å². The number of aryl methyl sites for hydroxylation is 1. The molecule has 1 fully saturated rings. The van der Waals surface area contributed by atoms with Crippen molar-refractivity contribution in [2.24, 2.45) is 11.8 Å². The minimum absolute atomic E-state index is 0.872. The van der Waals surface area contributed by atoms with Gasteiger partial charge in [0.25, 0.3) is 0 Å². The lowest BCUT2D eigenvalue weighted by molar-refractivity contribution is 0.248. The van der Waals surface area contributed by atoms with Crippen molar-refractivity contribution >= 4 is 0 Å². The van der Waals surface area contributed by atoms with Crippen molar-refractivity contribution in [3.63, 3.8) is 0 Å². The Labute approximate surface area is 164 Å². The molecule has 0 radical (unpaired) electrons. The third-order valence-electron chi connectivity index (χ3n) is 6.09. The number of ether oxygens (including phenoxy) is 1. The Morgan fingerprint density at radius 3 is 2.07 bits per heavy atom. The highest BCUT2D eigenvalue weighted by Crippen LogP contribution is 2.34. The average Bonchev–Trinajstić information content (AvgIpc) is 2.74. The second-order valence-electron chi connectivity index (χ2n) is 8.04. The van der Waals surface area contributed by atoms with Gasteiger partial charge in [-0.3, -0.25) is 0 Å². The molecular weight excluding hydrogens is 332 g/mol. The fourth-order valence-corrected chi connectivity index (χ4v) is 4.24. The van der Waals surface area contributed by atoms with E-state index < -0.39 is 0 Å². The van der Waals surface area contributed by atoms with Crippen LogP contribution in [-0.2, 0) is 6.42 Å². The van der Waals surface area contributed by atoms with E-state index in [4.69, 9.17) is 4.74 Å². The molecule has 0 amide bonds. The second-order valence-corrected chi connectivity index (χ2v) is 8.04. The summed E-state index contributed by atoms with van der Waals surface area (Å²) >= 11 is 0. The molecule has 0 unspecified atom stereocenters. The summed E-state index contributed by atoms with van der Waals surface area (Å²) in [5.41, 5.74) is 2.19. The molecule has 1 saturated carbocycles. The minimum Gasteiger partial charge on any atom is -0.497 e. The van der Waals surface area contributed by atoms with Gasteiger partial charge >= 0.3 is 0 Å². The molecule has 146 valence electrons. The summed E-state index contributed by atoms with van der Waals surface area (Å²) in [5, 5.41) is 0. The SMILES string of the molecule is CCCCCC1CCC(CCc2ncc(-c3ccc(OC)cc3)cn2)CC1. The molecule has 3 nitrogen and oxygen atoms in total. The van der Waals surface area contributed by atoms with E-state index in [0.29, 0.717) is 0 Å². The Morgan fingerprint density at radius 1 is 0.852 bits per heavy atom. The van der Waals surface area contributed by atoms with Crippen molar-refractivity contribution in [3.05, 3.63) is 42.5 Å². The smallest absolute Gasteiger partial charge is 0.128 e. The van der Waals surface area contributed by atoms with Crippen LogP contribution in [0.3, 0.4) is 0 Å². The van der Waals surface area contributed by atoms with Crippen LogP contribution >= 0.6 is 0 Å². The third kappa shape index (κ3) is 6.05. The van der Waals surface area contributed by atoms with Crippen LogP contribution in [0.25, 0.3) is 11.1 Å². The number of aromatic nitrogens is 2. The number of hydrogen-bond donors (Lipinski definition) is 0. The van der Waals surface area contributed by atoms with Crippen molar-refractivity contribution in [2.45, 2.75) is 71.1 Å². The van der Waals surface area contributed by atoms with Gasteiger partial charge in [0, 0.05) is 24.4 Å². The lowest BCUT2D eigenvalue weighted by Gasteiger charge is -2.28. The maximum atomic E-state index is 5.21. The van der Waals surface area contributed by atoms with E-state index in [9.17, 15) is 0 Å². The van der Waals surface area contributed by atoms with Crippen molar-refractivity contribution in [1.82, 2.24) is 9.97 Å². The van der Waals surface area contributed by atoms with Gasteiger partial charge in [-0.05, 0) is 36.0 Å². The molecule has 1 aromatic heterocycles. The molecule has 0 atom stereocenters. The van der Waals surface area contributed by atoms with Crippen molar-refractivity contribution in [2.75, 3.05) is 7.11 Å². The average molecular weight is 367 g/mol. The number of rotatable bonds is 9. The normalized spacial score (nSPS) is 19.8. The first-order valence-electron chi connectivity index (χ1n) is 10.7. The van der Waals surface area contributed by atoms with Gasteiger partial charge in [-0.25, -0.2) is 9.97 Å². The Morgan fingerprint density at radius 2 is 1.48 bits per heavy atom. The molecule has 3 heteroatoms. The molecule has 1 aromatic carbocycles. The van der Waals surface area contributed by atoms with Crippen molar-refractivity contribution in [1.29, 1.82) is 0 Å². The van der Waals surface area contributed by atoms with Crippen LogP contribution < -0.4 is 4.74 Å². The van der Waals surface area contributed by atoms with E-state index in [2.05, 4.69) is 29.0 Å². The van der Waals surface area contributed by atoms with Gasteiger partial charge in [0.2, 0.25) is 0 Å². The predicted molar refractivity (Wildman–Crippen MR) is 112 cm³/mol. The molecule has 2 aromatic rings. The number of nitrogens with zero attached hydrogens (tertiary/aromatic N) is 2. The maximum absolute atomic E-state index is 5.21. The first-order valence-corrected chi connectivity index (χ1v) is 10.7. The van der Waals surface area contributed by atoms with E-state index in [1.807, 2.05) is 24.5 Å². The molecule has 0 N–H and O–H groups in total. The Hall–Kier alpha value is -1.90. The molecule has 0 bridgehead atoms. The summed E-state index contributed by atoms with van der Waals surface area (Å²) in [6.07, 6.45) is 17.5. The first-order chi connectivity index (χ1) is 13.3. The summed E-state index contributed by atoms with van der Waals surface area (Å²) in [4.78, 5) is 9.21. The standard InChI is InChI=1S/C24H34N2O/c1-3-4-5-6-19-7-9-20(10-8-19)11-16-24-25-17-22(18-26-24)21-12-14-23(27-2)15-13-21/h12-15,17-20H,3-11,16H2,1-2H3. The number of unbranched alkanes of at least 4 members (excludes halogenated alkanes) is 2. The second kappa shape index (κ2) is 10.4. The van der Waals surface area contributed by atoms with Gasteiger partial charge in [0.1, 0.15) is 11.6 Å². The highest BCUT2D eigenvalue weighted by molar-refractivity contribution is 5.62. The summed E-state index contributed by atoms with van der Waals surface area (Å²) < 4.78 is 5.21. The quantitative estimate of drug-likeness (QED) is 0.477. The van der Waals surface area contributed by atoms with E-state index in [1.165, 1.54) is 57.8 Å². The molecule has 0 aliphatic heterocycles. The van der Waals surface area contributed by atoms with Gasteiger partial charge in [-0.2, -0.15) is 0 Å². The summed E-state index contributed by atoms with van der Waals surface area (Å²) in [6, 6.07) is 8.05. The lowest BCUT2D eigenvalue weighted by atomic mass is 9.78. The maximum Gasteiger partial charge on any atom is 0.128 e. The van der Waals surface area contributed by atoms with E-state index >= 15 is 0 Å². The van der Waals surface area contributed by atoms with Crippen LogP contribution in [-0.4, -0.2) is 17.1 Å². The molecule has 1 heterocycles. The Balaban J connectivity index is 1.42. The summed E-state index contributed by atoms with van der Waals surface area (Å²) in [5.74, 6) is 3.72. The van der Waals surface area contributed by atoms with Crippen LogP contribution in [0.5, 0.6) is 5.75 Å². The van der Waals surface area contributed by atoms with Gasteiger partial charge in [-0.15, -0.1) is 0 Å². The summed E-state index contributed by atoms with van der Waals surface area (Å²) in [6.45, 7) is 2.29. The van der Waals surface area contributed by atoms with Crippen molar-refractivity contribution in [3.8, 4) is 16.9 Å². The summed E-state index contributed by atoms with van der Waals surface area (Å²) in [7, 11) is 1.69. The molecule has 27 heavy (non-hydrogen) atoms. The van der Waals surface area contributed by atoms with Crippen LogP contribution in [0.15, 0.2) is 36.7 Å². The van der Waals surface area contributed by atoms with Crippen LogP contribution in [0.4, 0.5) is 0 Å². The fourth-order valence-electron chi connectivity index (χ4n) is 4.24. The largest absolute Gasteiger partial charge is 0.497 e. The van der Waals surface area contributed by atoms with E-state index in [1.54, 1.807) is 7.11 Å². The Kier molecular flexibility index (Phi) is 7.67. The van der Waals surface area contributed by atoms with Crippen molar-refractivity contribution < 1.29 is 4.74 Å². The fraction of sp³-hybridized carbons (Fsp3) is 0.583. The number of benzene rings is 1.